The normalized spacial score (nSPS) is 10.3. The topological polar surface area (TPSA) is 58.6 Å². The van der Waals surface area contributed by atoms with E-state index in [0.717, 1.165) is 22.4 Å². The second-order valence-electron chi connectivity index (χ2n) is 4.94. The number of hydrogen-bond acceptors (Lipinski definition) is 3. The van der Waals surface area contributed by atoms with Gasteiger partial charge < -0.3 is 15.2 Å². The number of anilines is 1. The number of aryl methyl sites for hydroxylation is 2. The molecule has 0 aromatic heterocycles. The fraction of sp³-hybridized carbons (Fsp3) is 0.235. The second kappa shape index (κ2) is 6.41. The van der Waals surface area contributed by atoms with Gasteiger partial charge in [0.05, 0.1) is 13.7 Å². The zero-order valence-corrected chi connectivity index (χ0v) is 12.4. The summed E-state index contributed by atoms with van der Waals surface area (Å²) in [6.45, 7) is 3.73. The van der Waals surface area contributed by atoms with Crippen molar-refractivity contribution in [1.82, 2.24) is 0 Å². The summed E-state index contributed by atoms with van der Waals surface area (Å²) in [6.07, 6.45) is 0. The highest BCUT2D eigenvalue weighted by Gasteiger charge is 2.11. The molecule has 0 bridgehead atoms. The van der Waals surface area contributed by atoms with E-state index < -0.39 is 0 Å². The van der Waals surface area contributed by atoms with Gasteiger partial charge in [-0.1, -0.05) is 12.1 Å². The fourth-order valence-electron chi connectivity index (χ4n) is 2.11. The maximum absolute atomic E-state index is 12.4. The van der Waals surface area contributed by atoms with Crippen LogP contribution in [0.5, 0.6) is 5.75 Å². The Balaban J connectivity index is 2.26. The minimum Gasteiger partial charge on any atom is -0.497 e. The Hall–Kier alpha value is -2.33. The first-order valence-corrected chi connectivity index (χ1v) is 6.71. The third kappa shape index (κ3) is 3.41. The van der Waals surface area contributed by atoms with Gasteiger partial charge in [0, 0.05) is 11.3 Å². The lowest BCUT2D eigenvalue weighted by Crippen LogP contribution is -2.14. The molecular weight excluding hydrogens is 266 g/mol. The molecule has 110 valence electrons. The van der Waals surface area contributed by atoms with Crippen molar-refractivity contribution in [2.24, 2.45) is 0 Å². The average molecular weight is 285 g/mol. The van der Waals surface area contributed by atoms with Gasteiger partial charge in [0.2, 0.25) is 0 Å². The van der Waals surface area contributed by atoms with E-state index in [1.165, 1.54) is 0 Å². The number of rotatable bonds is 4. The van der Waals surface area contributed by atoms with Crippen LogP contribution in [0.2, 0.25) is 0 Å². The van der Waals surface area contributed by atoms with E-state index in [1.807, 2.05) is 32.0 Å². The van der Waals surface area contributed by atoms with Crippen molar-refractivity contribution in [3.8, 4) is 5.75 Å². The summed E-state index contributed by atoms with van der Waals surface area (Å²) in [5.41, 5.74) is 3.88. The first-order valence-electron chi connectivity index (χ1n) is 6.71. The number of benzene rings is 2. The van der Waals surface area contributed by atoms with E-state index >= 15 is 0 Å². The molecule has 4 nitrogen and oxygen atoms in total. The van der Waals surface area contributed by atoms with Crippen LogP contribution < -0.4 is 10.1 Å². The van der Waals surface area contributed by atoms with Gasteiger partial charge in [0.1, 0.15) is 5.75 Å². The van der Waals surface area contributed by atoms with Crippen molar-refractivity contribution < 1.29 is 14.6 Å². The highest BCUT2D eigenvalue weighted by molar-refractivity contribution is 6.05. The minimum absolute atomic E-state index is 0.0509. The number of aliphatic hydroxyl groups excluding tert-OH is 1. The number of ether oxygens (including phenoxy) is 1. The Morgan fingerprint density at radius 2 is 1.90 bits per heavy atom. The van der Waals surface area contributed by atoms with Gasteiger partial charge in [0.25, 0.3) is 5.91 Å². The fourth-order valence-corrected chi connectivity index (χ4v) is 2.11. The van der Waals surface area contributed by atoms with Gasteiger partial charge in [0.15, 0.2) is 0 Å². The maximum atomic E-state index is 12.4. The molecule has 0 aliphatic heterocycles. The van der Waals surface area contributed by atoms with Crippen LogP contribution in [-0.4, -0.2) is 18.1 Å². The molecule has 0 aliphatic rings. The van der Waals surface area contributed by atoms with Crippen LogP contribution in [0.3, 0.4) is 0 Å². The molecule has 2 rings (SSSR count). The lowest BCUT2D eigenvalue weighted by molar-refractivity contribution is 0.102. The van der Waals surface area contributed by atoms with Crippen molar-refractivity contribution in [2.75, 3.05) is 12.4 Å². The Kier molecular flexibility index (Phi) is 4.60. The molecule has 0 heterocycles. The van der Waals surface area contributed by atoms with Crippen molar-refractivity contribution >= 4 is 11.6 Å². The molecule has 0 aliphatic carbocycles. The molecule has 1 amide bonds. The average Bonchev–Trinajstić information content (AvgIpc) is 2.49. The molecule has 0 atom stereocenters. The zero-order valence-electron chi connectivity index (χ0n) is 12.4. The quantitative estimate of drug-likeness (QED) is 0.907. The summed E-state index contributed by atoms with van der Waals surface area (Å²) in [6, 6.07) is 10.8. The monoisotopic (exact) mass is 285 g/mol. The SMILES string of the molecule is COc1ccc(C(=O)Nc2cc(CO)ccc2C)c(C)c1. The molecule has 0 fully saturated rings. The molecule has 2 N–H and O–H groups in total. The highest BCUT2D eigenvalue weighted by atomic mass is 16.5. The number of nitrogens with one attached hydrogen (secondary N) is 1. The van der Waals surface area contributed by atoms with Gasteiger partial charge in [-0.2, -0.15) is 0 Å². The van der Waals surface area contributed by atoms with E-state index in [2.05, 4.69) is 5.32 Å². The molecule has 4 heteroatoms. The smallest absolute Gasteiger partial charge is 0.255 e. The number of amides is 1. The third-order valence-corrected chi connectivity index (χ3v) is 3.41. The highest BCUT2D eigenvalue weighted by Crippen LogP contribution is 2.21. The van der Waals surface area contributed by atoms with Crippen LogP contribution in [0, 0.1) is 13.8 Å². The minimum atomic E-state index is -0.173. The van der Waals surface area contributed by atoms with Crippen molar-refractivity contribution in [1.29, 1.82) is 0 Å². The van der Waals surface area contributed by atoms with Crippen LogP contribution >= 0.6 is 0 Å². The zero-order chi connectivity index (χ0) is 15.4. The van der Waals surface area contributed by atoms with Crippen LogP contribution in [0.25, 0.3) is 0 Å². The number of aliphatic hydroxyl groups is 1. The lowest BCUT2D eigenvalue weighted by Gasteiger charge is -2.12. The van der Waals surface area contributed by atoms with Gasteiger partial charge in [-0.25, -0.2) is 0 Å². The maximum Gasteiger partial charge on any atom is 0.255 e. The van der Waals surface area contributed by atoms with Crippen LogP contribution in [0.1, 0.15) is 27.0 Å². The van der Waals surface area contributed by atoms with Crippen molar-refractivity contribution in [3.05, 3.63) is 58.7 Å². The van der Waals surface area contributed by atoms with E-state index in [4.69, 9.17) is 4.74 Å². The molecule has 21 heavy (non-hydrogen) atoms. The molecule has 0 saturated carbocycles. The molecule has 0 spiro atoms. The Labute approximate surface area is 124 Å². The largest absolute Gasteiger partial charge is 0.497 e. The van der Waals surface area contributed by atoms with Crippen LogP contribution in [0.4, 0.5) is 5.69 Å². The van der Waals surface area contributed by atoms with E-state index in [1.54, 1.807) is 25.3 Å². The first kappa shape index (κ1) is 15.1. The van der Waals surface area contributed by atoms with Gasteiger partial charge in [-0.15, -0.1) is 0 Å². The third-order valence-electron chi connectivity index (χ3n) is 3.41. The second-order valence-corrected chi connectivity index (χ2v) is 4.94. The number of carbonyl (C=O) groups excluding carboxylic acids is 1. The standard InChI is InChI=1S/C17H19NO3/c1-11-4-5-13(10-19)9-16(11)18-17(20)15-7-6-14(21-3)8-12(15)2/h4-9,19H,10H2,1-3H3,(H,18,20). The first-order chi connectivity index (χ1) is 10.0. The van der Waals surface area contributed by atoms with Crippen molar-refractivity contribution in [2.45, 2.75) is 20.5 Å². The summed E-state index contributed by atoms with van der Waals surface area (Å²) in [5, 5.41) is 12.1. The summed E-state index contributed by atoms with van der Waals surface area (Å²) in [5.74, 6) is 0.552. The predicted molar refractivity (Wildman–Crippen MR) is 82.8 cm³/mol. The van der Waals surface area contributed by atoms with E-state index in [9.17, 15) is 9.90 Å². The van der Waals surface area contributed by atoms with Gasteiger partial charge in [-0.3, -0.25) is 4.79 Å². The molecular formula is C17H19NO3. The summed E-state index contributed by atoms with van der Waals surface area (Å²) in [4.78, 5) is 12.4. The van der Waals surface area contributed by atoms with Crippen molar-refractivity contribution in [3.63, 3.8) is 0 Å². The number of hydrogen-bond donors (Lipinski definition) is 2. The number of methoxy groups -OCH3 is 1. The number of carbonyl (C=O) groups is 1. The summed E-state index contributed by atoms with van der Waals surface area (Å²) < 4.78 is 5.14. The molecule has 0 unspecified atom stereocenters. The molecule has 0 radical (unpaired) electrons. The van der Waals surface area contributed by atoms with Crippen LogP contribution in [0.15, 0.2) is 36.4 Å². The van der Waals surface area contributed by atoms with Crippen LogP contribution in [-0.2, 0) is 6.61 Å². The lowest BCUT2D eigenvalue weighted by atomic mass is 10.1. The molecule has 2 aromatic rings. The van der Waals surface area contributed by atoms with Gasteiger partial charge in [-0.05, 0) is 54.8 Å². The van der Waals surface area contributed by atoms with E-state index in [0.29, 0.717) is 11.3 Å². The van der Waals surface area contributed by atoms with E-state index in [-0.39, 0.29) is 12.5 Å². The predicted octanol–water partition coefficient (Wildman–Crippen LogP) is 3.06. The Morgan fingerprint density at radius 1 is 1.14 bits per heavy atom. The summed E-state index contributed by atoms with van der Waals surface area (Å²) in [7, 11) is 1.60. The van der Waals surface area contributed by atoms with Gasteiger partial charge >= 0.3 is 0 Å². The molecule has 2 aromatic carbocycles. The summed E-state index contributed by atoms with van der Waals surface area (Å²) >= 11 is 0. The Morgan fingerprint density at radius 3 is 2.52 bits per heavy atom. The molecule has 0 saturated heterocycles. The Bertz CT molecular complexity index is 665.